The fraction of sp³-hybridized carbons (Fsp3) is 0.429. The summed E-state index contributed by atoms with van der Waals surface area (Å²) in [5, 5.41) is 2.70. The summed E-state index contributed by atoms with van der Waals surface area (Å²) in [5.74, 6) is -1.84. The van der Waals surface area contributed by atoms with Crippen LogP contribution >= 0.6 is 0 Å². The number of nitrogens with one attached hydrogen (secondary N) is 1. The number of nitrogen functional groups attached to an aromatic ring is 1. The van der Waals surface area contributed by atoms with Crippen LogP contribution in [0.4, 0.5) is 10.1 Å². The number of halogens is 1. The minimum Gasteiger partial charge on any atom is -0.452 e. The Labute approximate surface area is 117 Å². The van der Waals surface area contributed by atoms with Crippen molar-refractivity contribution >= 4 is 17.6 Å². The molecule has 0 heterocycles. The number of carbonyl (C=O) groups excluding carboxylic acids is 2. The van der Waals surface area contributed by atoms with Crippen molar-refractivity contribution in [3.8, 4) is 0 Å². The Morgan fingerprint density at radius 2 is 2.15 bits per heavy atom. The summed E-state index contributed by atoms with van der Waals surface area (Å²) in [4.78, 5) is 23.1. The molecule has 20 heavy (non-hydrogen) atoms. The van der Waals surface area contributed by atoms with Crippen molar-refractivity contribution in [2.75, 3.05) is 12.3 Å². The number of rotatable bonds is 6. The first-order valence-electron chi connectivity index (χ1n) is 6.45. The first-order valence-corrected chi connectivity index (χ1v) is 6.45. The Kier molecular flexibility index (Phi) is 5.96. The summed E-state index contributed by atoms with van der Waals surface area (Å²) in [7, 11) is 0. The van der Waals surface area contributed by atoms with Crippen LogP contribution in [-0.2, 0) is 9.53 Å². The van der Waals surface area contributed by atoms with E-state index >= 15 is 0 Å². The highest BCUT2D eigenvalue weighted by molar-refractivity contribution is 5.91. The minimum atomic E-state index is -0.762. The highest BCUT2D eigenvalue weighted by Crippen LogP contribution is 2.12. The molecule has 1 rings (SSSR count). The highest BCUT2D eigenvalue weighted by atomic mass is 19.1. The van der Waals surface area contributed by atoms with Gasteiger partial charge in [-0.2, -0.15) is 0 Å². The van der Waals surface area contributed by atoms with Crippen LogP contribution in [0.1, 0.15) is 37.0 Å². The Morgan fingerprint density at radius 3 is 2.75 bits per heavy atom. The summed E-state index contributed by atoms with van der Waals surface area (Å²) < 4.78 is 18.0. The van der Waals surface area contributed by atoms with Crippen molar-refractivity contribution in [3.05, 3.63) is 29.6 Å². The molecule has 6 heteroatoms. The molecule has 1 aromatic rings. The number of anilines is 1. The summed E-state index contributed by atoms with van der Waals surface area (Å²) >= 11 is 0. The first kappa shape index (κ1) is 15.9. The Balaban J connectivity index is 2.46. The number of esters is 1. The van der Waals surface area contributed by atoms with Crippen LogP contribution < -0.4 is 11.1 Å². The maximum absolute atomic E-state index is 13.2. The van der Waals surface area contributed by atoms with Crippen molar-refractivity contribution in [2.45, 2.75) is 32.7 Å². The van der Waals surface area contributed by atoms with Crippen LogP contribution in [0.15, 0.2) is 18.2 Å². The van der Waals surface area contributed by atoms with Crippen molar-refractivity contribution in [2.24, 2.45) is 0 Å². The number of ether oxygens (including phenoxy) is 1. The molecule has 0 saturated heterocycles. The molecule has 1 atom stereocenters. The summed E-state index contributed by atoms with van der Waals surface area (Å²) in [6, 6.07) is 3.63. The van der Waals surface area contributed by atoms with Gasteiger partial charge in [0.2, 0.25) is 0 Å². The van der Waals surface area contributed by atoms with Gasteiger partial charge in [-0.05, 0) is 31.5 Å². The van der Waals surface area contributed by atoms with Gasteiger partial charge in [-0.15, -0.1) is 0 Å². The third-order valence-electron chi connectivity index (χ3n) is 2.70. The van der Waals surface area contributed by atoms with E-state index in [1.807, 2.05) is 13.8 Å². The normalized spacial score (nSPS) is 11.8. The fourth-order valence-corrected chi connectivity index (χ4v) is 1.69. The molecule has 1 aromatic carbocycles. The lowest BCUT2D eigenvalue weighted by molar-refractivity contribution is -0.124. The lowest BCUT2D eigenvalue weighted by atomic mass is 10.2. The molecule has 1 unspecified atom stereocenters. The monoisotopic (exact) mass is 282 g/mol. The van der Waals surface area contributed by atoms with Crippen LogP contribution in [0.3, 0.4) is 0 Å². The fourth-order valence-electron chi connectivity index (χ4n) is 1.69. The first-order chi connectivity index (χ1) is 9.43. The second-order valence-corrected chi connectivity index (χ2v) is 4.57. The van der Waals surface area contributed by atoms with E-state index < -0.39 is 11.8 Å². The van der Waals surface area contributed by atoms with Gasteiger partial charge in [0.15, 0.2) is 6.61 Å². The molecule has 3 N–H and O–H groups in total. The number of hydrogen-bond acceptors (Lipinski definition) is 4. The molecule has 0 radical (unpaired) electrons. The van der Waals surface area contributed by atoms with Crippen LogP contribution in [0.2, 0.25) is 0 Å². The molecule has 0 fully saturated rings. The Hall–Kier alpha value is -2.11. The highest BCUT2D eigenvalue weighted by Gasteiger charge is 2.13. The molecular weight excluding hydrogens is 263 g/mol. The molecule has 0 spiro atoms. The molecule has 0 saturated carbocycles. The van der Waals surface area contributed by atoms with E-state index in [9.17, 15) is 14.0 Å². The van der Waals surface area contributed by atoms with Crippen LogP contribution in [0.5, 0.6) is 0 Å². The second kappa shape index (κ2) is 7.47. The third-order valence-corrected chi connectivity index (χ3v) is 2.70. The maximum Gasteiger partial charge on any atom is 0.338 e. The number of benzene rings is 1. The van der Waals surface area contributed by atoms with E-state index in [0.29, 0.717) is 0 Å². The van der Waals surface area contributed by atoms with Crippen LogP contribution in [0.25, 0.3) is 0 Å². The predicted molar refractivity (Wildman–Crippen MR) is 73.6 cm³/mol. The number of amides is 1. The minimum absolute atomic E-state index is 0.0195. The van der Waals surface area contributed by atoms with Crippen LogP contribution in [-0.4, -0.2) is 24.5 Å². The Morgan fingerprint density at radius 1 is 1.45 bits per heavy atom. The molecule has 0 aromatic heterocycles. The molecule has 0 aliphatic carbocycles. The molecule has 0 aliphatic rings. The molecule has 0 bridgehead atoms. The van der Waals surface area contributed by atoms with Crippen LogP contribution in [0, 0.1) is 5.82 Å². The van der Waals surface area contributed by atoms with Gasteiger partial charge in [-0.3, -0.25) is 4.79 Å². The summed E-state index contributed by atoms with van der Waals surface area (Å²) in [6.45, 7) is 3.50. The van der Waals surface area contributed by atoms with Gasteiger partial charge in [0.05, 0.1) is 11.3 Å². The number of carbonyl (C=O) groups is 2. The second-order valence-electron chi connectivity index (χ2n) is 4.57. The van der Waals surface area contributed by atoms with E-state index in [-0.39, 0.29) is 29.8 Å². The molecule has 0 aliphatic heterocycles. The lowest BCUT2D eigenvalue weighted by Crippen LogP contribution is -2.35. The van der Waals surface area contributed by atoms with Gasteiger partial charge < -0.3 is 15.8 Å². The topological polar surface area (TPSA) is 81.4 Å². The van der Waals surface area contributed by atoms with E-state index in [1.165, 1.54) is 12.1 Å². The zero-order chi connectivity index (χ0) is 15.1. The molecule has 1 amide bonds. The maximum atomic E-state index is 13.2. The molecule has 5 nitrogen and oxygen atoms in total. The third kappa shape index (κ3) is 4.87. The molecular formula is C14H19FN2O3. The molecule has 110 valence electrons. The zero-order valence-corrected chi connectivity index (χ0v) is 11.6. The van der Waals surface area contributed by atoms with E-state index in [4.69, 9.17) is 10.5 Å². The van der Waals surface area contributed by atoms with Gasteiger partial charge >= 0.3 is 5.97 Å². The van der Waals surface area contributed by atoms with Crippen molar-refractivity contribution < 1.29 is 18.7 Å². The summed E-state index contributed by atoms with van der Waals surface area (Å²) in [5.41, 5.74) is 5.27. The van der Waals surface area contributed by atoms with E-state index in [1.54, 1.807) is 0 Å². The quantitative estimate of drug-likeness (QED) is 0.616. The smallest absolute Gasteiger partial charge is 0.338 e. The standard InChI is InChI=1S/C14H19FN2O3/c1-3-4-9(2)17-13(18)8-20-14(19)10-5-6-12(16)11(15)7-10/h5-7,9H,3-4,8,16H2,1-2H3,(H,17,18). The SMILES string of the molecule is CCCC(C)NC(=O)COC(=O)c1ccc(N)c(F)c1. The van der Waals surface area contributed by atoms with Crippen molar-refractivity contribution in [1.29, 1.82) is 0 Å². The van der Waals surface area contributed by atoms with Gasteiger partial charge in [0.1, 0.15) is 5.82 Å². The number of hydrogen-bond donors (Lipinski definition) is 2. The van der Waals surface area contributed by atoms with Gasteiger partial charge in [-0.1, -0.05) is 13.3 Å². The summed E-state index contributed by atoms with van der Waals surface area (Å²) in [6.07, 6.45) is 1.80. The predicted octanol–water partition coefficient (Wildman–Crippen LogP) is 1.87. The van der Waals surface area contributed by atoms with Gasteiger partial charge in [-0.25, -0.2) is 9.18 Å². The van der Waals surface area contributed by atoms with Crippen molar-refractivity contribution in [3.63, 3.8) is 0 Å². The van der Waals surface area contributed by atoms with Gasteiger partial charge in [0.25, 0.3) is 5.91 Å². The van der Waals surface area contributed by atoms with E-state index in [2.05, 4.69) is 5.32 Å². The average Bonchev–Trinajstić information content (AvgIpc) is 2.39. The zero-order valence-electron chi connectivity index (χ0n) is 11.6. The lowest BCUT2D eigenvalue weighted by Gasteiger charge is -2.12. The van der Waals surface area contributed by atoms with Crippen molar-refractivity contribution in [1.82, 2.24) is 5.32 Å². The largest absolute Gasteiger partial charge is 0.452 e. The Bertz CT molecular complexity index is 491. The van der Waals surface area contributed by atoms with E-state index in [0.717, 1.165) is 18.9 Å². The number of nitrogens with two attached hydrogens (primary N) is 1. The average molecular weight is 282 g/mol. The van der Waals surface area contributed by atoms with Gasteiger partial charge in [0, 0.05) is 6.04 Å².